The number of anilines is 1. The molecule has 80 valence electrons. The van der Waals surface area contributed by atoms with Crippen molar-refractivity contribution in [3.05, 3.63) is 29.7 Å². The summed E-state index contributed by atoms with van der Waals surface area (Å²) in [4.78, 5) is 11.1. The van der Waals surface area contributed by atoms with Crippen LogP contribution in [0.15, 0.2) is 23.8 Å². The molecule has 3 N–H and O–H groups in total. The van der Waals surface area contributed by atoms with E-state index < -0.39 is 0 Å². The second-order valence-corrected chi connectivity index (χ2v) is 4.21. The molecule has 0 radical (unpaired) electrons. The molecule has 3 aromatic rings. The highest BCUT2D eigenvalue weighted by Gasteiger charge is 2.10. The molecule has 0 bridgehead atoms. The SMILES string of the molecule is Nc1nc(-c2c[nH]c3ncc(F)cc23)cs1. The van der Waals surface area contributed by atoms with Gasteiger partial charge in [0.1, 0.15) is 11.5 Å². The minimum atomic E-state index is -0.364. The monoisotopic (exact) mass is 234 g/mol. The van der Waals surface area contributed by atoms with E-state index in [0.29, 0.717) is 16.2 Å². The van der Waals surface area contributed by atoms with Crippen molar-refractivity contribution in [1.29, 1.82) is 0 Å². The zero-order valence-electron chi connectivity index (χ0n) is 8.07. The minimum Gasteiger partial charge on any atom is -0.375 e. The normalized spacial score (nSPS) is 11.1. The Kier molecular flexibility index (Phi) is 1.90. The lowest BCUT2D eigenvalue weighted by atomic mass is 10.2. The average molecular weight is 234 g/mol. The second-order valence-electron chi connectivity index (χ2n) is 3.32. The van der Waals surface area contributed by atoms with Crippen LogP contribution in [0.2, 0.25) is 0 Å². The van der Waals surface area contributed by atoms with Gasteiger partial charge in [-0.25, -0.2) is 14.4 Å². The number of hydrogen-bond acceptors (Lipinski definition) is 4. The van der Waals surface area contributed by atoms with Gasteiger partial charge in [0, 0.05) is 22.5 Å². The van der Waals surface area contributed by atoms with Crippen LogP contribution in [-0.4, -0.2) is 15.0 Å². The number of nitrogens with one attached hydrogen (secondary N) is 1. The van der Waals surface area contributed by atoms with Crippen LogP contribution in [0.4, 0.5) is 9.52 Å². The van der Waals surface area contributed by atoms with Crippen molar-refractivity contribution < 1.29 is 4.39 Å². The van der Waals surface area contributed by atoms with Crippen LogP contribution in [0.1, 0.15) is 0 Å². The molecular formula is C10H7FN4S. The average Bonchev–Trinajstić information content (AvgIpc) is 2.83. The Bertz CT molecular complexity index is 658. The molecule has 0 aliphatic heterocycles. The van der Waals surface area contributed by atoms with E-state index in [1.807, 2.05) is 5.38 Å². The van der Waals surface area contributed by atoms with Crippen molar-refractivity contribution in [2.75, 3.05) is 5.73 Å². The van der Waals surface area contributed by atoms with Gasteiger partial charge in [-0.2, -0.15) is 0 Å². The standard InChI is InChI=1S/C10H7FN4S/c11-5-1-6-7(3-14-9(6)13-2-5)8-4-16-10(12)15-8/h1-4H,(H2,12,15)(H,13,14). The van der Waals surface area contributed by atoms with Gasteiger partial charge in [0.2, 0.25) is 0 Å². The smallest absolute Gasteiger partial charge is 0.180 e. The van der Waals surface area contributed by atoms with Crippen molar-refractivity contribution in [1.82, 2.24) is 15.0 Å². The predicted molar refractivity (Wildman–Crippen MR) is 61.6 cm³/mol. The Labute approximate surface area is 94.0 Å². The number of nitrogen functional groups attached to an aromatic ring is 1. The maximum Gasteiger partial charge on any atom is 0.180 e. The third-order valence-corrected chi connectivity index (χ3v) is 2.97. The lowest BCUT2D eigenvalue weighted by Crippen LogP contribution is -1.83. The molecule has 0 unspecified atom stereocenters. The van der Waals surface area contributed by atoms with Gasteiger partial charge in [-0.1, -0.05) is 0 Å². The van der Waals surface area contributed by atoms with Gasteiger partial charge in [0.25, 0.3) is 0 Å². The number of aromatic amines is 1. The summed E-state index contributed by atoms with van der Waals surface area (Å²) in [5.41, 5.74) is 7.76. The van der Waals surface area contributed by atoms with E-state index in [1.54, 1.807) is 6.20 Å². The quantitative estimate of drug-likeness (QED) is 0.679. The largest absolute Gasteiger partial charge is 0.375 e. The number of pyridine rings is 1. The first kappa shape index (κ1) is 9.29. The maximum atomic E-state index is 13.1. The molecule has 0 aliphatic rings. The number of nitrogens with two attached hydrogens (primary N) is 1. The summed E-state index contributed by atoms with van der Waals surface area (Å²) in [6, 6.07) is 1.43. The number of rotatable bonds is 1. The zero-order valence-corrected chi connectivity index (χ0v) is 8.88. The number of aromatic nitrogens is 3. The van der Waals surface area contributed by atoms with Gasteiger partial charge >= 0.3 is 0 Å². The van der Waals surface area contributed by atoms with Crippen LogP contribution in [0, 0.1) is 5.82 Å². The van der Waals surface area contributed by atoms with Crippen LogP contribution < -0.4 is 5.73 Å². The highest BCUT2D eigenvalue weighted by molar-refractivity contribution is 7.13. The van der Waals surface area contributed by atoms with E-state index in [-0.39, 0.29) is 5.82 Å². The van der Waals surface area contributed by atoms with Gasteiger partial charge < -0.3 is 10.7 Å². The Morgan fingerprint density at radius 3 is 3.06 bits per heavy atom. The first-order valence-electron chi connectivity index (χ1n) is 4.58. The first-order chi connectivity index (χ1) is 7.74. The van der Waals surface area contributed by atoms with Gasteiger partial charge in [-0.05, 0) is 6.07 Å². The fourth-order valence-electron chi connectivity index (χ4n) is 1.60. The molecule has 0 aromatic carbocycles. The Morgan fingerprint density at radius 2 is 2.31 bits per heavy atom. The fourth-order valence-corrected chi connectivity index (χ4v) is 2.16. The van der Waals surface area contributed by atoms with E-state index in [2.05, 4.69) is 15.0 Å². The molecule has 0 fully saturated rings. The zero-order chi connectivity index (χ0) is 11.1. The van der Waals surface area contributed by atoms with Crippen LogP contribution >= 0.6 is 11.3 Å². The fraction of sp³-hybridized carbons (Fsp3) is 0. The molecule has 0 atom stereocenters. The molecule has 3 rings (SSSR count). The van der Waals surface area contributed by atoms with Gasteiger partial charge in [-0.3, -0.25) is 0 Å². The summed E-state index contributed by atoms with van der Waals surface area (Å²) < 4.78 is 13.1. The number of nitrogens with zero attached hydrogens (tertiary/aromatic N) is 2. The van der Waals surface area contributed by atoms with Crippen molar-refractivity contribution in [3.63, 3.8) is 0 Å². The third-order valence-electron chi connectivity index (χ3n) is 2.30. The van der Waals surface area contributed by atoms with E-state index in [9.17, 15) is 4.39 Å². The number of hydrogen-bond donors (Lipinski definition) is 2. The number of H-pyrrole nitrogens is 1. The highest BCUT2D eigenvalue weighted by atomic mass is 32.1. The van der Waals surface area contributed by atoms with Crippen LogP contribution in [0.3, 0.4) is 0 Å². The summed E-state index contributed by atoms with van der Waals surface area (Å²) in [5.74, 6) is -0.364. The molecule has 0 aliphatic carbocycles. The van der Waals surface area contributed by atoms with Crippen molar-refractivity contribution >= 4 is 27.5 Å². The van der Waals surface area contributed by atoms with E-state index in [1.165, 1.54) is 23.6 Å². The van der Waals surface area contributed by atoms with Crippen molar-refractivity contribution in [2.45, 2.75) is 0 Å². The Balaban J connectivity index is 2.27. The Hall–Kier alpha value is -1.95. The minimum absolute atomic E-state index is 0.364. The molecular weight excluding hydrogens is 227 g/mol. The summed E-state index contributed by atoms with van der Waals surface area (Å²) in [6.45, 7) is 0. The molecule has 3 heterocycles. The molecule has 0 saturated heterocycles. The Morgan fingerprint density at radius 1 is 1.44 bits per heavy atom. The first-order valence-corrected chi connectivity index (χ1v) is 5.46. The second kappa shape index (κ2) is 3.28. The van der Waals surface area contributed by atoms with E-state index >= 15 is 0 Å². The lowest BCUT2D eigenvalue weighted by Gasteiger charge is -1.93. The third kappa shape index (κ3) is 1.35. The van der Waals surface area contributed by atoms with Crippen molar-refractivity contribution in [3.8, 4) is 11.3 Å². The van der Waals surface area contributed by atoms with Gasteiger partial charge in [0.15, 0.2) is 5.13 Å². The summed E-state index contributed by atoms with van der Waals surface area (Å²) in [5, 5.41) is 3.04. The van der Waals surface area contributed by atoms with E-state index in [0.717, 1.165) is 11.3 Å². The lowest BCUT2D eigenvalue weighted by molar-refractivity contribution is 0.624. The van der Waals surface area contributed by atoms with Crippen LogP contribution in [-0.2, 0) is 0 Å². The maximum absolute atomic E-state index is 13.1. The summed E-state index contributed by atoms with van der Waals surface area (Å²) >= 11 is 1.35. The predicted octanol–water partition coefficient (Wildman–Crippen LogP) is 2.41. The van der Waals surface area contributed by atoms with Crippen LogP contribution in [0.25, 0.3) is 22.3 Å². The molecule has 3 aromatic heterocycles. The molecule has 0 amide bonds. The topological polar surface area (TPSA) is 67.6 Å². The number of fused-ring (bicyclic) bond motifs is 1. The van der Waals surface area contributed by atoms with Crippen LogP contribution in [0.5, 0.6) is 0 Å². The number of thiazole rings is 1. The van der Waals surface area contributed by atoms with Gasteiger partial charge in [0.05, 0.1) is 11.9 Å². The molecule has 0 spiro atoms. The summed E-state index contributed by atoms with van der Waals surface area (Å²) in [6.07, 6.45) is 2.93. The number of halogens is 1. The molecule has 16 heavy (non-hydrogen) atoms. The highest BCUT2D eigenvalue weighted by Crippen LogP contribution is 2.29. The van der Waals surface area contributed by atoms with Gasteiger partial charge in [-0.15, -0.1) is 11.3 Å². The summed E-state index contributed by atoms with van der Waals surface area (Å²) in [7, 11) is 0. The van der Waals surface area contributed by atoms with Crippen molar-refractivity contribution in [2.24, 2.45) is 0 Å². The molecule has 0 saturated carbocycles. The van der Waals surface area contributed by atoms with E-state index in [4.69, 9.17) is 5.73 Å². The molecule has 6 heteroatoms. The molecule has 4 nitrogen and oxygen atoms in total.